The molecule has 1 aromatic rings. The third-order valence-corrected chi connectivity index (χ3v) is 6.20. The summed E-state index contributed by atoms with van der Waals surface area (Å²) in [4.78, 5) is 52.7. The third kappa shape index (κ3) is 7.96. The van der Waals surface area contributed by atoms with Crippen molar-refractivity contribution in [3.8, 4) is 0 Å². The molecule has 1 aliphatic rings. The standard InChI is InChI=1S/C25H38N4O4/c1-16(2)22(25(33)26-17(3)18(4)30)28-23(31)20(15-19-11-7-6-8-12-19)27-24(32)21-13-9-10-14-29(21)5/h6-8,11-12,16-17,20-22H,9-10,13-15H2,1-5H3,(H,26,33)(H,27,32)(H,28,31)/t17-,20?,21-,22?/m0/s1. The number of nitrogens with one attached hydrogen (secondary N) is 3. The van der Waals surface area contributed by atoms with E-state index in [1.807, 2.05) is 56.1 Å². The second-order valence-corrected chi connectivity index (χ2v) is 9.31. The quantitative estimate of drug-likeness (QED) is 0.492. The molecule has 8 nitrogen and oxygen atoms in total. The van der Waals surface area contributed by atoms with E-state index in [-0.39, 0.29) is 23.7 Å². The summed E-state index contributed by atoms with van der Waals surface area (Å²) < 4.78 is 0. The van der Waals surface area contributed by atoms with Crippen molar-refractivity contribution in [2.75, 3.05) is 13.6 Å². The van der Waals surface area contributed by atoms with Crippen LogP contribution < -0.4 is 16.0 Å². The van der Waals surface area contributed by atoms with E-state index in [2.05, 4.69) is 16.0 Å². The van der Waals surface area contributed by atoms with Gasteiger partial charge in [0.05, 0.1) is 12.1 Å². The van der Waals surface area contributed by atoms with E-state index in [0.717, 1.165) is 31.4 Å². The second-order valence-electron chi connectivity index (χ2n) is 9.31. The molecule has 8 heteroatoms. The van der Waals surface area contributed by atoms with Crippen molar-refractivity contribution in [2.24, 2.45) is 5.92 Å². The van der Waals surface area contributed by atoms with Crippen LogP contribution in [0.2, 0.25) is 0 Å². The molecule has 0 spiro atoms. The van der Waals surface area contributed by atoms with Gasteiger partial charge in [-0.25, -0.2) is 0 Å². The molecule has 33 heavy (non-hydrogen) atoms. The number of Topliss-reactive ketones (excluding diaryl/α,β-unsaturated/α-hetero) is 1. The highest BCUT2D eigenvalue weighted by Gasteiger charge is 2.32. The molecule has 1 fully saturated rings. The number of hydrogen-bond donors (Lipinski definition) is 3. The average molecular weight is 459 g/mol. The summed E-state index contributed by atoms with van der Waals surface area (Å²) in [5.74, 6) is -1.38. The Hall–Kier alpha value is -2.74. The number of amides is 3. The summed E-state index contributed by atoms with van der Waals surface area (Å²) >= 11 is 0. The number of ketones is 1. The van der Waals surface area contributed by atoms with Gasteiger partial charge >= 0.3 is 0 Å². The fraction of sp³-hybridized carbons (Fsp3) is 0.600. The Morgan fingerprint density at radius 1 is 0.970 bits per heavy atom. The molecule has 3 N–H and O–H groups in total. The molecule has 3 amide bonds. The Morgan fingerprint density at radius 2 is 1.64 bits per heavy atom. The molecule has 2 unspecified atom stereocenters. The predicted molar refractivity (Wildman–Crippen MR) is 127 cm³/mol. The van der Waals surface area contributed by atoms with Crippen LogP contribution in [0.3, 0.4) is 0 Å². The number of piperidine rings is 1. The fourth-order valence-electron chi connectivity index (χ4n) is 3.93. The molecule has 0 aliphatic carbocycles. The van der Waals surface area contributed by atoms with Crippen molar-refractivity contribution in [3.05, 3.63) is 35.9 Å². The minimum absolute atomic E-state index is 0.164. The molecule has 182 valence electrons. The Bertz CT molecular complexity index is 827. The van der Waals surface area contributed by atoms with Crippen LogP contribution in [-0.2, 0) is 25.6 Å². The summed E-state index contributed by atoms with van der Waals surface area (Å²) in [5.41, 5.74) is 0.908. The molecule has 0 bridgehead atoms. The van der Waals surface area contributed by atoms with Crippen LogP contribution in [0.1, 0.15) is 52.5 Å². The van der Waals surface area contributed by atoms with Crippen molar-refractivity contribution in [1.29, 1.82) is 0 Å². The van der Waals surface area contributed by atoms with E-state index in [1.54, 1.807) is 6.92 Å². The number of nitrogens with zero attached hydrogens (tertiary/aromatic N) is 1. The first-order chi connectivity index (χ1) is 15.6. The third-order valence-electron chi connectivity index (χ3n) is 6.20. The highest BCUT2D eigenvalue weighted by Crippen LogP contribution is 2.16. The lowest BCUT2D eigenvalue weighted by atomic mass is 9.99. The number of hydrogen-bond acceptors (Lipinski definition) is 5. The molecule has 0 saturated carbocycles. The van der Waals surface area contributed by atoms with Crippen LogP contribution in [0.25, 0.3) is 0 Å². The van der Waals surface area contributed by atoms with Crippen molar-refractivity contribution in [1.82, 2.24) is 20.9 Å². The largest absolute Gasteiger partial charge is 0.345 e. The second kappa shape index (κ2) is 12.5. The summed E-state index contributed by atoms with van der Waals surface area (Å²) in [6.07, 6.45) is 3.09. The maximum atomic E-state index is 13.3. The Balaban J connectivity index is 2.17. The van der Waals surface area contributed by atoms with E-state index in [0.29, 0.717) is 6.42 Å². The number of rotatable bonds is 10. The normalized spacial score (nSPS) is 19.3. The lowest BCUT2D eigenvalue weighted by Gasteiger charge is -2.33. The number of benzene rings is 1. The van der Waals surface area contributed by atoms with Gasteiger partial charge in [0.2, 0.25) is 17.7 Å². The van der Waals surface area contributed by atoms with Gasteiger partial charge in [0, 0.05) is 6.42 Å². The van der Waals surface area contributed by atoms with Crippen molar-refractivity contribution in [3.63, 3.8) is 0 Å². The number of carbonyl (C=O) groups excluding carboxylic acids is 4. The molecule has 4 atom stereocenters. The van der Waals surface area contributed by atoms with Gasteiger partial charge in [-0.05, 0) is 51.8 Å². The maximum absolute atomic E-state index is 13.3. The minimum atomic E-state index is -0.827. The SMILES string of the molecule is CC(=O)[C@H](C)NC(=O)C(NC(=O)C(Cc1ccccc1)NC(=O)[C@@H]1CCCCN1C)C(C)C. The van der Waals surface area contributed by atoms with Crippen LogP contribution in [0.5, 0.6) is 0 Å². The number of likely N-dealkylation sites (tertiary alicyclic amines) is 1. The first-order valence-corrected chi connectivity index (χ1v) is 11.8. The average Bonchev–Trinajstić information content (AvgIpc) is 2.77. The molecule has 1 aliphatic heterocycles. The van der Waals surface area contributed by atoms with E-state index < -0.39 is 29.9 Å². The molecule has 0 aromatic heterocycles. The smallest absolute Gasteiger partial charge is 0.243 e. The molecule has 1 heterocycles. The molecular weight excluding hydrogens is 420 g/mol. The lowest BCUT2D eigenvalue weighted by Crippen LogP contribution is -2.59. The van der Waals surface area contributed by atoms with Gasteiger partial charge in [-0.3, -0.25) is 24.1 Å². The van der Waals surface area contributed by atoms with Crippen LogP contribution >= 0.6 is 0 Å². The highest BCUT2D eigenvalue weighted by molar-refractivity contribution is 5.94. The molecule has 0 radical (unpaired) electrons. The van der Waals surface area contributed by atoms with Crippen molar-refractivity contribution >= 4 is 23.5 Å². The van der Waals surface area contributed by atoms with Gasteiger partial charge in [-0.1, -0.05) is 50.6 Å². The topological polar surface area (TPSA) is 108 Å². The monoisotopic (exact) mass is 458 g/mol. The van der Waals surface area contributed by atoms with Crippen LogP contribution in [0.4, 0.5) is 0 Å². The maximum Gasteiger partial charge on any atom is 0.243 e. The van der Waals surface area contributed by atoms with Crippen LogP contribution in [0, 0.1) is 5.92 Å². The van der Waals surface area contributed by atoms with E-state index in [1.165, 1.54) is 6.92 Å². The van der Waals surface area contributed by atoms with Crippen molar-refractivity contribution < 1.29 is 19.2 Å². The fourth-order valence-corrected chi connectivity index (χ4v) is 3.93. The van der Waals surface area contributed by atoms with Gasteiger partial charge in [0.1, 0.15) is 12.1 Å². The number of likely N-dealkylation sites (N-methyl/N-ethyl adjacent to an activating group) is 1. The predicted octanol–water partition coefficient (Wildman–Crippen LogP) is 1.43. The van der Waals surface area contributed by atoms with Crippen molar-refractivity contribution in [2.45, 2.75) is 77.5 Å². The zero-order chi connectivity index (χ0) is 24.5. The Kier molecular flexibility index (Phi) is 10.0. The first kappa shape index (κ1) is 26.5. The zero-order valence-corrected chi connectivity index (χ0v) is 20.4. The van der Waals surface area contributed by atoms with Crippen LogP contribution in [-0.4, -0.2) is 66.2 Å². The summed E-state index contributed by atoms with van der Waals surface area (Å²) in [5, 5.41) is 8.39. The van der Waals surface area contributed by atoms with E-state index in [4.69, 9.17) is 0 Å². The van der Waals surface area contributed by atoms with E-state index >= 15 is 0 Å². The summed E-state index contributed by atoms with van der Waals surface area (Å²) in [6.45, 7) is 7.51. The molecule has 2 rings (SSSR count). The highest BCUT2D eigenvalue weighted by atomic mass is 16.2. The number of carbonyl (C=O) groups is 4. The first-order valence-electron chi connectivity index (χ1n) is 11.8. The summed E-state index contributed by atoms with van der Waals surface area (Å²) in [7, 11) is 1.92. The van der Waals surface area contributed by atoms with Gasteiger partial charge in [0.15, 0.2) is 5.78 Å². The van der Waals surface area contributed by atoms with Gasteiger partial charge < -0.3 is 16.0 Å². The van der Waals surface area contributed by atoms with Crippen LogP contribution in [0.15, 0.2) is 30.3 Å². The molecule has 1 aromatic carbocycles. The lowest BCUT2D eigenvalue weighted by molar-refractivity contribution is -0.135. The van der Waals surface area contributed by atoms with Gasteiger partial charge in [-0.15, -0.1) is 0 Å². The molecular formula is C25H38N4O4. The zero-order valence-electron chi connectivity index (χ0n) is 20.4. The Labute approximate surface area is 196 Å². The van der Waals surface area contributed by atoms with E-state index in [9.17, 15) is 19.2 Å². The van der Waals surface area contributed by atoms with Gasteiger partial charge in [0.25, 0.3) is 0 Å². The van der Waals surface area contributed by atoms with Gasteiger partial charge in [-0.2, -0.15) is 0 Å². The minimum Gasteiger partial charge on any atom is -0.345 e. The summed E-state index contributed by atoms with van der Waals surface area (Å²) in [6, 6.07) is 6.90. The molecule has 1 saturated heterocycles. The Morgan fingerprint density at radius 3 is 2.21 bits per heavy atom.